The highest BCUT2D eigenvalue weighted by Gasteiger charge is 2.35. The molecular weight excluding hydrogens is 271 g/mol. The van der Waals surface area contributed by atoms with E-state index in [1.165, 1.54) is 0 Å². The molecule has 0 N–H and O–H groups in total. The maximum atomic E-state index is 12.6. The van der Waals surface area contributed by atoms with E-state index in [4.69, 9.17) is 0 Å². The lowest BCUT2D eigenvalue weighted by atomic mass is 10.3. The average molecular weight is 276 g/mol. The first-order chi connectivity index (χ1) is 7.37. The van der Waals surface area contributed by atoms with Crippen LogP contribution in [0.5, 0.6) is 0 Å². The number of halogens is 5. The molecule has 0 atom stereocenters. The molecule has 1 aromatic carbocycles. The minimum Gasteiger partial charge on any atom is -0.795 e. The molecule has 9 heteroatoms. The van der Waals surface area contributed by atoms with E-state index in [1.54, 1.807) is 0 Å². The summed E-state index contributed by atoms with van der Waals surface area (Å²) in [5.74, 6) is -5.62. The zero-order valence-corrected chi connectivity index (χ0v) is 8.78. The van der Waals surface area contributed by atoms with Gasteiger partial charge in [0.15, 0.2) is 0 Å². The van der Waals surface area contributed by atoms with Gasteiger partial charge in [-0.2, -0.15) is 22.8 Å². The van der Waals surface area contributed by atoms with Gasteiger partial charge in [-0.05, 0) is 17.0 Å². The van der Waals surface area contributed by atoms with Crippen molar-refractivity contribution in [2.75, 3.05) is 5.75 Å². The lowest BCUT2D eigenvalue weighted by Crippen LogP contribution is -2.43. The third-order valence-electron chi connectivity index (χ3n) is 1.70. The molecule has 17 heavy (non-hydrogen) atoms. The molecule has 0 amide bonds. The van der Waals surface area contributed by atoms with E-state index >= 15 is 0 Å². The first-order valence-corrected chi connectivity index (χ1v) is 6.01. The maximum Gasteiger partial charge on any atom is 0.396 e. The van der Waals surface area contributed by atoms with Crippen LogP contribution in [0, 0.1) is 11.6 Å². The van der Waals surface area contributed by atoms with Crippen molar-refractivity contribution in [2.45, 2.75) is 11.1 Å². The van der Waals surface area contributed by atoms with Gasteiger partial charge in [-0.1, -0.05) is 0 Å². The van der Waals surface area contributed by atoms with Crippen molar-refractivity contribution in [3.05, 3.63) is 29.8 Å². The summed E-state index contributed by atoms with van der Waals surface area (Å²) in [5, 5.41) is 0. The highest BCUT2D eigenvalue weighted by molar-refractivity contribution is 8.10. The van der Waals surface area contributed by atoms with Crippen LogP contribution >= 0.6 is 0 Å². The summed E-state index contributed by atoms with van der Waals surface area (Å²) in [6.07, 6.45) is -5.30. The van der Waals surface area contributed by atoms with Crippen LogP contribution in [-0.4, -0.2) is 25.2 Å². The van der Waals surface area contributed by atoms with Gasteiger partial charge in [-0.25, -0.2) is 8.78 Å². The van der Waals surface area contributed by atoms with E-state index < -0.39 is 38.1 Å². The molecule has 0 radical (unpaired) electrons. The standard InChI is InChI=1S/C8H7F5O3S/c9-5-1-6(10)3-7(2-5)17(14,15,16)4-8(11,12)13/h1-3H,4H2,(H2,14,15,16)/p-2. The molecule has 1 rings (SSSR count). The van der Waals surface area contributed by atoms with Crippen LogP contribution < -0.4 is 0 Å². The molecule has 0 heterocycles. The molecule has 0 aliphatic carbocycles. The molecule has 0 saturated heterocycles. The SMILES string of the molecule is O=S([O-])([O-])(CC(F)(F)F)c1cc(F)cc(F)c1. The first kappa shape index (κ1) is 14.0. The second kappa shape index (κ2) is 3.72. The van der Waals surface area contributed by atoms with Gasteiger partial charge < -0.3 is 13.3 Å². The Balaban J connectivity index is 3.33. The van der Waals surface area contributed by atoms with Gasteiger partial charge in [0.05, 0.1) is 5.75 Å². The summed E-state index contributed by atoms with van der Waals surface area (Å²) in [6.45, 7) is 0. The van der Waals surface area contributed by atoms with Gasteiger partial charge in [0.1, 0.15) is 11.6 Å². The fraction of sp³-hybridized carbons (Fsp3) is 0.250. The van der Waals surface area contributed by atoms with E-state index in [0.29, 0.717) is 0 Å². The molecule has 0 saturated carbocycles. The molecule has 3 nitrogen and oxygen atoms in total. The molecule has 98 valence electrons. The van der Waals surface area contributed by atoms with Crippen LogP contribution in [0.15, 0.2) is 23.1 Å². The molecule has 1 aromatic rings. The van der Waals surface area contributed by atoms with Crippen LogP contribution in [0.4, 0.5) is 22.0 Å². The molecule has 0 aliphatic rings. The summed E-state index contributed by atoms with van der Waals surface area (Å²) in [4.78, 5) is -1.57. The van der Waals surface area contributed by atoms with Crippen molar-refractivity contribution in [2.24, 2.45) is 0 Å². The van der Waals surface area contributed by atoms with Crippen molar-refractivity contribution >= 4 is 9.63 Å². The van der Waals surface area contributed by atoms with Gasteiger partial charge >= 0.3 is 6.18 Å². The Labute approximate surface area is 92.3 Å². The second-order valence-corrected chi connectivity index (χ2v) is 5.98. The monoisotopic (exact) mass is 276 g/mol. The average Bonchev–Trinajstić information content (AvgIpc) is 1.95. The fourth-order valence-electron chi connectivity index (χ4n) is 1.12. The fourth-order valence-corrected chi connectivity index (χ4v) is 2.53. The van der Waals surface area contributed by atoms with Crippen molar-refractivity contribution in [1.82, 2.24) is 0 Å². The minimum absolute atomic E-state index is 0.0453. The Hall–Kier alpha value is -1.06. The Morgan fingerprint density at radius 1 is 1.06 bits per heavy atom. The molecular formula is C8H5F5O3S-2. The normalized spacial score (nSPS) is 15.4. The van der Waals surface area contributed by atoms with Crippen LogP contribution in [0.1, 0.15) is 0 Å². The Bertz CT molecular complexity index is 484. The number of alkyl halides is 3. The van der Waals surface area contributed by atoms with E-state index in [2.05, 4.69) is 0 Å². The highest BCUT2D eigenvalue weighted by Crippen LogP contribution is 2.35. The third-order valence-corrected chi connectivity index (χ3v) is 3.68. The van der Waals surface area contributed by atoms with Gasteiger partial charge in [-0.3, -0.25) is 0 Å². The van der Waals surface area contributed by atoms with E-state index in [0.717, 1.165) is 0 Å². The molecule has 0 fully saturated rings. The number of hydrogen-bond acceptors (Lipinski definition) is 3. The lowest BCUT2D eigenvalue weighted by molar-refractivity contribution is -0.109. The summed E-state index contributed by atoms with van der Waals surface area (Å²) < 4.78 is 94.5. The first-order valence-electron chi connectivity index (χ1n) is 4.02. The van der Waals surface area contributed by atoms with Crippen molar-refractivity contribution in [1.29, 1.82) is 0 Å². The Kier molecular flexibility index (Phi) is 3.06. The molecule has 0 aliphatic heterocycles. The zero-order valence-electron chi connectivity index (χ0n) is 7.96. The van der Waals surface area contributed by atoms with Gasteiger partial charge in [0, 0.05) is 6.07 Å². The van der Waals surface area contributed by atoms with Crippen LogP contribution in [0.2, 0.25) is 0 Å². The molecule has 0 spiro atoms. The number of benzene rings is 1. The van der Waals surface area contributed by atoms with Crippen LogP contribution in [0.25, 0.3) is 0 Å². The molecule has 0 bridgehead atoms. The van der Waals surface area contributed by atoms with Gasteiger partial charge in [0.25, 0.3) is 0 Å². The highest BCUT2D eigenvalue weighted by atomic mass is 32.3. The lowest BCUT2D eigenvalue weighted by Gasteiger charge is -2.55. The van der Waals surface area contributed by atoms with E-state index in [1.807, 2.05) is 0 Å². The van der Waals surface area contributed by atoms with Crippen LogP contribution in [-0.2, 0) is 9.63 Å². The predicted octanol–water partition coefficient (Wildman–Crippen LogP) is 1.97. The van der Waals surface area contributed by atoms with Gasteiger partial charge in [0.2, 0.25) is 0 Å². The number of rotatable bonds is 2. The number of hydrogen-bond donors (Lipinski definition) is 0. The zero-order chi connectivity index (χ0) is 13.5. The van der Waals surface area contributed by atoms with Gasteiger partial charge in [-0.15, -0.1) is 0 Å². The minimum atomic E-state index is -6.84. The van der Waals surface area contributed by atoms with Crippen molar-refractivity contribution in [3.63, 3.8) is 0 Å². The quantitative estimate of drug-likeness (QED) is 0.776. The Morgan fingerprint density at radius 2 is 1.47 bits per heavy atom. The summed E-state index contributed by atoms with van der Waals surface area (Å²) >= 11 is 0. The topological polar surface area (TPSA) is 63.2 Å². The van der Waals surface area contributed by atoms with Crippen LogP contribution in [0.3, 0.4) is 0 Å². The number of sulfone groups is 3. The molecule has 0 unspecified atom stereocenters. The van der Waals surface area contributed by atoms with Crippen molar-refractivity contribution in [3.8, 4) is 0 Å². The molecule has 0 aromatic heterocycles. The van der Waals surface area contributed by atoms with E-state index in [-0.39, 0.29) is 18.2 Å². The second-order valence-electron chi connectivity index (χ2n) is 3.32. The van der Waals surface area contributed by atoms with Crippen molar-refractivity contribution < 1.29 is 35.3 Å². The van der Waals surface area contributed by atoms with E-state index in [9.17, 15) is 35.3 Å². The Morgan fingerprint density at radius 3 is 1.82 bits per heavy atom. The predicted molar refractivity (Wildman–Crippen MR) is 45.2 cm³/mol. The summed E-state index contributed by atoms with van der Waals surface area (Å²) in [6, 6.07) is 0.327. The third kappa shape index (κ3) is 3.72. The summed E-state index contributed by atoms with van der Waals surface area (Å²) in [7, 11) is -6.84. The largest absolute Gasteiger partial charge is 0.795 e. The summed E-state index contributed by atoms with van der Waals surface area (Å²) in [5.41, 5.74) is 0. The smallest absolute Gasteiger partial charge is 0.396 e. The maximum absolute atomic E-state index is 12.6.